The van der Waals surface area contributed by atoms with Crippen LogP contribution in [0.3, 0.4) is 0 Å². The van der Waals surface area contributed by atoms with Crippen molar-refractivity contribution in [3.8, 4) is 0 Å². The third-order valence-corrected chi connectivity index (χ3v) is 4.74. The van der Waals surface area contributed by atoms with Crippen LogP contribution in [0.25, 0.3) is 10.2 Å². The minimum atomic E-state index is -0.931. The molecule has 0 atom stereocenters. The number of carbonyl (C=O) groups is 2. The summed E-state index contributed by atoms with van der Waals surface area (Å²) >= 11 is 0.792. The van der Waals surface area contributed by atoms with Crippen LogP contribution in [0.1, 0.15) is 10.4 Å². The normalized spacial score (nSPS) is 11.6. The number of ether oxygens (including phenoxy) is 1. The molecule has 0 aliphatic rings. The smallest absolute Gasteiger partial charge is 0.325 e. The Morgan fingerprint density at radius 2 is 2.04 bits per heavy atom. The highest BCUT2D eigenvalue weighted by molar-refractivity contribution is 7.16. The van der Waals surface area contributed by atoms with E-state index in [9.17, 15) is 28.5 Å². The van der Waals surface area contributed by atoms with E-state index in [1.807, 2.05) is 0 Å². The van der Waals surface area contributed by atoms with E-state index < -0.39 is 35.0 Å². The summed E-state index contributed by atoms with van der Waals surface area (Å²) in [6.45, 7) is -0.458. The SMILES string of the molecule is COC(=O)Cn1c(=NC(=O)c2cccc([N+](=O)[O-])c2)sc2cc(F)cc(F)c21. The highest BCUT2D eigenvalue weighted by Gasteiger charge is 2.17. The van der Waals surface area contributed by atoms with Gasteiger partial charge < -0.3 is 9.30 Å². The van der Waals surface area contributed by atoms with Crippen molar-refractivity contribution in [3.63, 3.8) is 0 Å². The van der Waals surface area contributed by atoms with E-state index in [4.69, 9.17) is 0 Å². The van der Waals surface area contributed by atoms with Gasteiger partial charge in [0.15, 0.2) is 10.6 Å². The fraction of sp³-hybridized carbons (Fsp3) is 0.118. The van der Waals surface area contributed by atoms with E-state index >= 15 is 0 Å². The molecule has 1 amide bonds. The average Bonchev–Trinajstić information content (AvgIpc) is 2.98. The summed E-state index contributed by atoms with van der Waals surface area (Å²) in [4.78, 5) is 38.1. The second-order valence-corrected chi connectivity index (χ2v) is 6.51. The van der Waals surface area contributed by atoms with Gasteiger partial charge in [-0.2, -0.15) is 4.99 Å². The second-order valence-electron chi connectivity index (χ2n) is 5.51. The van der Waals surface area contributed by atoms with Crippen LogP contribution in [0.5, 0.6) is 0 Å². The van der Waals surface area contributed by atoms with Crippen LogP contribution in [0.15, 0.2) is 41.4 Å². The molecule has 28 heavy (non-hydrogen) atoms. The zero-order valence-electron chi connectivity index (χ0n) is 14.2. The largest absolute Gasteiger partial charge is 0.468 e. The van der Waals surface area contributed by atoms with Crippen molar-refractivity contribution in [2.24, 2.45) is 4.99 Å². The number of esters is 1. The first-order chi connectivity index (χ1) is 13.3. The number of aromatic nitrogens is 1. The lowest BCUT2D eigenvalue weighted by Crippen LogP contribution is -2.23. The van der Waals surface area contributed by atoms with Gasteiger partial charge in [-0.3, -0.25) is 19.7 Å². The first-order valence-electron chi connectivity index (χ1n) is 7.69. The Hall–Kier alpha value is -3.47. The molecule has 0 aliphatic carbocycles. The van der Waals surface area contributed by atoms with Gasteiger partial charge in [0, 0.05) is 23.8 Å². The number of rotatable bonds is 4. The van der Waals surface area contributed by atoms with Crippen LogP contribution in [-0.2, 0) is 16.1 Å². The number of methoxy groups -OCH3 is 1. The Bertz CT molecular complexity index is 1190. The zero-order valence-corrected chi connectivity index (χ0v) is 15.0. The molecule has 1 aromatic heterocycles. The summed E-state index contributed by atoms with van der Waals surface area (Å²) in [6, 6.07) is 6.61. The number of fused-ring (bicyclic) bond motifs is 1. The predicted octanol–water partition coefficient (Wildman–Crippen LogP) is 2.80. The molecule has 0 unspecified atom stereocenters. The summed E-state index contributed by atoms with van der Waals surface area (Å²) in [5, 5.41) is 10.9. The van der Waals surface area contributed by atoms with E-state index in [2.05, 4.69) is 9.73 Å². The molecule has 2 aromatic carbocycles. The summed E-state index contributed by atoms with van der Waals surface area (Å²) < 4.78 is 33.6. The monoisotopic (exact) mass is 407 g/mol. The van der Waals surface area contributed by atoms with Crippen molar-refractivity contribution in [1.82, 2.24) is 4.57 Å². The minimum absolute atomic E-state index is 0.0667. The average molecular weight is 407 g/mol. The molecule has 0 spiro atoms. The van der Waals surface area contributed by atoms with Gasteiger partial charge in [0.25, 0.3) is 11.6 Å². The van der Waals surface area contributed by atoms with Gasteiger partial charge in [-0.15, -0.1) is 0 Å². The number of halogens is 2. The van der Waals surface area contributed by atoms with Gasteiger partial charge in [0.2, 0.25) is 0 Å². The second kappa shape index (κ2) is 7.64. The van der Waals surface area contributed by atoms with Crippen molar-refractivity contribution in [3.05, 3.63) is 68.5 Å². The number of non-ortho nitro benzene ring substituents is 1. The Balaban J connectivity index is 2.18. The lowest BCUT2D eigenvalue weighted by molar-refractivity contribution is -0.384. The molecular formula is C17H11F2N3O5S. The highest BCUT2D eigenvalue weighted by Crippen LogP contribution is 2.22. The van der Waals surface area contributed by atoms with Gasteiger partial charge in [0.1, 0.15) is 12.4 Å². The van der Waals surface area contributed by atoms with Crippen LogP contribution in [-0.4, -0.2) is 28.5 Å². The summed E-state index contributed by atoms with van der Waals surface area (Å²) in [5.41, 5.74) is -0.474. The molecule has 0 radical (unpaired) electrons. The van der Waals surface area contributed by atoms with Gasteiger partial charge >= 0.3 is 5.97 Å². The number of amides is 1. The van der Waals surface area contributed by atoms with E-state index in [0.717, 1.165) is 35.1 Å². The Morgan fingerprint density at radius 3 is 2.71 bits per heavy atom. The maximum Gasteiger partial charge on any atom is 0.325 e. The summed E-state index contributed by atoms with van der Waals surface area (Å²) in [5.74, 6) is -3.32. The van der Waals surface area contributed by atoms with E-state index in [0.29, 0.717) is 6.07 Å². The standard InChI is InChI=1S/C17H11F2N3O5S/c1-27-14(23)8-21-15-12(19)6-10(18)7-13(15)28-17(21)20-16(24)9-3-2-4-11(5-9)22(25)26/h2-7H,8H2,1H3. The van der Waals surface area contributed by atoms with Gasteiger partial charge in [-0.05, 0) is 12.1 Å². The van der Waals surface area contributed by atoms with E-state index in [1.54, 1.807) is 0 Å². The fourth-order valence-electron chi connectivity index (χ4n) is 2.46. The van der Waals surface area contributed by atoms with Crippen LogP contribution >= 0.6 is 11.3 Å². The minimum Gasteiger partial charge on any atom is -0.468 e. The molecule has 0 saturated heterocycles. The van der Waals surface area contributed by atoms with Crippen molar-refractivity contribution >= 4 is 39.1 Å². The van der Waals surface area contributed by atoms with E-state index in [1.165, 1.54) is 18.2 Å². The number of nitro groups is 1. The number of benzene rings is 2. The molecule has 0 saturated carbocycles. The van der Waals surface area contributed by atoms with Crippen LogP contribution < -0.4 is 4.80 Å². The molecule has 0 fully saturated rings. The van der Waals surface area contributed by atoms with Crippen molar-refractivity contribution in [2.45, 2.75) is 6.54 Å². The van der Waals surface area contributed by atoms with Crippen LogP contribution in [0.4, 0.5) is 14.5 Å². The predicted molar refractivity (Wildman–Crippen MR) is 94.7 cm³/mol. The maximum absolute atomic E-state index is 14.3. The molecule has 11 heteroatoms. The Morgan fingerprint density at radius 1 is 1.29 bits per heavy atom. The van der Waals surface area contributed by atoms with E-state index in [-0.39, 0.29) is 26.3 Å². The number of hydrogen-bond donors (Lipinski definition) is 0. The number of nitro benzene ring substituents is 1. The van der Waals surface area contributed by atoms with Gasteiger partial charge in [-0.25, -0.2) is 8.78 Å². The third-order valence-electron chi connectivity index (χ3n) is 3.71. The molecule has 3 rings (SSSR count). The molecule has 0 N–H and O–H groups in total. The summed E-state index contributed by atoms with van der Waals surface area (Å²) in [7, 11) is 1.14. The van der Waals surface area contributed by atoms with Crippen molar-refractivity contribution in [2.75, 3.05) is 7.11 Å². The summed E-state index contributed by atoms with van der Waals surface area (Å²) in [6.07, 6.45) is 0. The lowest BCUT2D eigenvalue weighted by atomic mass is 10.2. The first-order valence-corrected chi connectivity index (χ1v) is 8.50. The molecule has 1 heterocycles. The van der Waals surface area contributed by atoms with Crippen LogP contribution in [0, 0.1) is 21.7 Å². The van der Waals surface area contributed by atoms with Crippen molar-refractivity contribution < 1.29 is 28.0 Å². The molecule has 0 aliphatic heterocycles. The van der Waals surface area contributed by atoms with Crippen molar-refractivity contribution in [1.29, 1.82) is 0 Å². The molecular weight excluding hydrogens is 396 g/mol. The molecule has 144 valence electrons. The Kier molecular flexibility index (Phi) is 5.27. The number of thiazole rings is 1. The number of nitrogens with zero attached hydrogens (tertiary/aromatic N) is 3. The van der Waals surface area contributed by atoms with Gasteiger partial charge in [0.05, 0.1) is 22.2 Å². The third kappa shape index (κ3) is 3.78. The zero-order chi connectivity index (χ0) is 20.4. The molecule has 0 bridgehead atoms. The quantitative estimate of drug-likeness (QED) is 0.376. The first kappa shape index (κ1) is 19.3. The lowest BCUT2D eigenvalue weighted by Gasteiger charge is -2.04. The fourth-order valence-corrected chi connectivity index (χ4v) is 3.53. The Labute approximate surface area is 159 Å². The van der Waals surface area contributed by atoms with Crippen LogP contribution in [0.2, 0.25) is 0 Å². The molecule has 8 nitrogen and oxygen atoms in total. The number of hydrogen-bond acceptors (Lipinski definition) is 6. The topological polar surface area (TPSA) is 104 Å². The van der Waals surface area contributed by atoms with Gasteiger partial charge in [-0.1, -0.05) is 17.4 Å². The highest BCUT2D eigenvalue weighted by atomic mass is 32.1. The number of carbonyl (C=O) groups excluding carboxylic acids is 2. The molecule has 3 aromatic rings. The maximum atomic E-state index is 14.3.